The number of carbonyl (C=O) groups excluding carboxylic acids is 1. The average Bonchev–Trinajstić information content (AvgIpc) is 2.74. The first-order valence-electron chi connectivity index (χ1n) is 9.98. The van der Waals surface area contributed by atoms with Gasteiger partial charge in [0.2, 0.25) is 0 Å². The molecular formula is C22H21ClF2N4O3S2. The van der Waals surface area contributed by atoms with Crippen LogP contribution in [0.2, 0.25) is 5.02 Å². The van der Waals surface area contributed by atoms with Crippen LogP contribution < -0.4 is 17.1 Å². The number of alkyl halides is 1. The van der Waals surface area contributed by atoms with E-state index in [-0.39, 0.29) is 22.2 Å². The lowest BCUT2D eigenvalue weighted by molar-refractivity contribution is -0.116. The number of rotatable bonds is 8. The maximum atomic E-state index is 14.8. The maximum Gasteiger partial charge on any atom is 0.354 e. The molecule has 0 fully saturated rings. The van der Waals surface area contributed by atoms with Gasteiger partial charge in [0.05, 0.1) is 16.4 Å². The molecule has 3 aromatic rings. The van der Waals surface area contributed by atoms with Crippen molar-refractivity contribution in [1.29, 1.82) is 0 Å². The Bertz CT molecular complexity index is 1370. The van der Waals surface area contributed by atoms with Gasteiger partial charge in [-0.05, 0) is 45.0 Å². The van der Waals surface area contributed by atoms with Gasteiger partial charge >= 0.3 is 5.69 Å². The van der Waals surface area contributed by atoms with E-state index in [1.807, 2.05) is 0 Å². The van der Waals surface area contributed by atoms with Crippen molar-refractivity contribution in [2.75, 3.05) is 11.6 Å². The molecule has 0 saturated heterocycles. The van der Waals surface area contributed by atoms with Gasteiger partial charge in [0.25, 0.3) is 5.56 Å². The van der Waals surface area contributed by atoms with E-state index in [0.29, 0.717) is 36.2 Å². The van der Waals surface area contributed by atoms with Crippen LogP contribution in [0.5, 0.6) is 0 Å². The third-order valence-electron chi connectivity index (χ3n) is 4.64. The minimum Gasteiger partial charge on any atom is -0.335 e. The molecule has 7 nitrogen and oxygen atoms in total. The lowest BCUT2D eigenvalue weighted by Gasteiger charge is -2.19. The Balaban J connectivity index is 2.07. The molecule has 0 aliphatic rings. The van der Waals surface area contributed by atoms with Crippen molar-refractivity contribution >= 4 is 40.9 Å². The largest absolute Gasteiger partial charge is 0.354 e. The fraction of sp³-hybridized carbons (Fsp3) is 0.273. The molecule has 3 rings (SSSR count). The van der Waals surface area contributed by atoms with E-state index in [9.17, 15) is 23.2 Å². The molecule has 0 unspecified atom stereocenters. The van der Waals surface area contributed by atoms with Crippen molar-refractivity contribution in [1.82, 2.24) is 14.2 Å². The Morgan fingerprint density at radius 2 is 1.94 bits per heavy atom. The first-order valence-corrected chi connectivity index (χ1v) is 12.2. The summed E-state index contributed by atoms with van der Waals surface area (Å²) in [5.41, 5.74) is -4.83. The molecule has 0 aliphatic heterocycles. The quantitative estimate of drug-likeness (QED) is 0.344. The topological polar surface area (TPSA) is 100.0 Å². The Labute approximate surface area is 207 Å². The third kappa shape index (κ3) is 5.70. The number of pyridine rings is 1. The summed E-state index contributed by atoms with van der Waals surface area (Å²) in [5.74, 6) is 5.38. The number of ketones is 1. The molecular weight excluding hydrogens is 506 g/mol. The summed E-state index contributed by atoms with van der Waals surface area (Å²) >= 11 is 8.80. The first kappa shape index (κ1) is 26.0. The highest BCUT2D eigenvalue weighted by molar-refractivity contribution is 8.02. The summed E-state index contributed by atoms with van der Waals surface area (Å²) in [6, 6.07) is 6.59. The molecule has 0 atom stereocenters. The molecule has 0 saturated carbocycles. The van der Waals surface area contributed by atoms with Crippen molar-refractivity contribution in [3.8, 4) is 5.69 Å². The molecule has 2 aromatic heterocycles. The van der Waals surface area contributed by atoms with E-state index in [1.54, 1.807) is 18.3 Å². The van der Waals surface area contributed by atoms with Crippen molar-refractivity contribution in [2.45, 2.75) is 47.7 Å². The normalized spacial score (nSPS) is 11.6. The van der Waals surface area contributed by atoms with Gasteiger partial charge in [-0.3, -0.25) is 9.59 Å². The molecule has 0 spiro atoms. The van der Waals surface area contributed by atoms with Gasteiger partial charge in [-0.1, -0.05) is 23.4 Å². The Hall–Kier alpha value is -2.63. The first-order chi connectivity index (χ1) is 15.9. The van der Waals surface area contributed by atoms with Gasteiger partial charge in [-0.2, -0.15) is 0 Å². The zero-order valence-corrected chi connectivity index (χ0v) is 20.9. The minimum atomic E-state index is -2.07. The standard InChI is InChI=1S/C22H21ClF2N4O3S2/c1-12(30)6-8-33-20-16(5-4-7-27-20)34-17-10-15(14(24)9-13(17)23)28-19(31)11-18(22(2,3)25)29(26)21(28)32/h4-5,7,9-11H,6,8,26H2,1-3H3. The predicted molar refractivity (Wildman–Crippen MR) is 130 cm³/mol. The van der Waals surface area contributed by atoms with Crippen LogP contribution in [0.3, 0.4) is 0 Å². The number of nitrogens with two attached hydrogens (primary N) is 1. The predicted octanol–water partition coefficient (Wildman–Crippen LogP) is 4.33. The second kappa shape index (κ2) is 10.3. The van der Waals surface area contributed by atoms with E-state index in [1.165, 1.54) is 24.8 Å². The van der Waals surface area contributed by atoms with Crippen LogP contribution in [0, 0.1) is 5.82 Å². The van der Waals surface area contributed by atoms with Gasteiger partial charge < -0.3 is 5.84 Å². The van der Waals surface area contributed by atoms with E-state index in [2.05, 4.69) is 4.98 Å². The number of aromatic nitrogens is 3. The average molecular weight is 527 g/mol. The monoisotopic (exact) mass is 526 g/mol. The second-order valence-electron chi connectivity index (χ2n) is 7.77. The molecule has 2 heterocycles. The number of thioether (sulfide) groups is 1. The number of carbonyl (C=O) groups is 1. The number of nitrogen functional groups attached to an aromatic ring is 1. The molecule has 0 aliphatic carbocycles. The maximum absolute atomic E-state index is 14.8. The number of hydrogen-bond acceptors (Lipinski definition) is 7. The number of halogens is 3. The van der Waals surface area contributed by atoms with Crippen molar-refractivity contribution in [2.24, 2.45) is 0 Å². The van der Waals surface area contributed by atoms with Gasteiger partial charge in [0.1, 0.15) is 22.3 Å². The summed E-state index contributed by atoms with van der Waals surface area (Å²) in [5, 5.41) is 0.698. The number of Topliss-reactive ketones (excluding diaryl/α,β-unsaturated/α-hetero) is 1. The highest BCUT2D eigenvalue weighted by Crippen LogP contribution is 2.39. The van der Waals surface area contributed by atoms with Crippen LogP contribution in [-0.4, -0.2) is 25.8 Å². The van der Waals surface area contributed by atoms with Gasteiger partial charge in [0, 0.05) is 34.2 Å². The lowest BCUT2D eigenvalue weighted by atomic mass is 10.1. The van der Waals surface area contributed by atoms with Crippen molar-refractivity contribution < 1.29 is 13.6 Å². The van der Waals surface area contributed by atoms with Crippen molar-refractivity contribution in [3.05, 3.63) is 73.9 Å². The summed E-state index contributed by atoms with van der Waals surface area (Å²) in [4.78, 5) is 42.1. The molecule has 0 radical (unpaired) electrons. The molecule has 12 heteroatoms. The highest BCUT2D eigenvalue weighted by Gasteiger charge is 2.26. The zero-order valence-electron chi connectivity index (χ0n) is 18.5. The molecule has 34 heavy (non-hydrogen) atoms. The van der Waals surface area contributed by atoms with Crippen LogP contribution in [0.4, 0.5) is 8.78 Å². The highest BCUT2D eigenvalue weighted by atomic mass is 35.5. The van der Waals surface area contributed by atoms with Crippen LogP contribution in [0.1, 0.15) is 32.9 Å². The minimum absolute atomic E-state index is 0.0532. The number of nitrogens with zero attached hydrogens (tertiary/aromatic N) is 3. The smallest absolute Gasteiger partial charge is 0.335 e. The Kier molecular flexibility index (Phi) is 7.89. The van der Waals surface area contributed by atoms with Crippen LogP contribution >= 0.6 is 35.1 Å². The van der Waals surface area contributed by atoms with E-state index < -0.39 is 22.7 Å². The van der Waals surface area contributed by atoms with Gasteiger partial charge in [0.15, 0.2) is 0 Å². The molecule has 180 valence electrons. The SMILES string of the molecule is CC(=O)CCSc1ncccc1Sc1cc(-n2c(=O)cc(C(C)(C)F)n(N)c2=O)c(F)cc1Cl. The van der Waals surface area contributed by atoms with E-state index in [0.717, 1.165) is 37.7 Å². The van der Waals surface area contributed by atoms with Gasteiger partial charge in [-0.15, -0.1) is 11.8 Å². The Morgan fingerprint density at radius 3 is 2.59 bits per heavy atom. The van der Waals surface area contributed by atoms with Crippen LogP contribution in [0.25, 0.3) is 5.69 Å². The number of hydrogen-bond donors (Lipinski definition) is 1. The van der Waals surface area contributed by atoms with E-state index in [4.69, 9.17) is 17.4 Å². The Morgan fingerprint density at radius 1 is 1.24 bits per heavy atom. The van der Waals surface area contributed by atoms with Crippen LogP contribution in [-0.2, 0) is 10.5 Å². The second-order valence-corrected chi connectivity index (χ2v) is 10.3. The summed E-state index contributed by atoms with van der Waals surface area (Å²) in [6.45, 7) is 3.80. The summed E-state index contributed by atoms with van der Waals surface area (Å²) < 4.78 is 30.2. The third-order valence-corrected chi connectivity index (χ3v) is 7.31. The van der Waals surface area contributed by atoms with Crippen LogP contribution in [0.15, 0.2) is 60.9 Å². The van der Waals surface area contributed by atoms with Gasteiger partial charge in [-0.25, -0.2) is 27.8 Å². The molecule has 0 amide bonds. The lowest BCUT2D eigenvalue weighted by Crippen LogP contribution is -2.45. The molecule has 2 N–H and O–H groups in total. The zero-order chi connectivity index (χ0) is 25.2. The van der Waals surface area contributed by atoms with Crippen molar-refractivity contribution in [3.63, 3.8) is 0 Å². The molecule has 1 aromatic carbocycles. The summed E-state index contributed by atoms with van der Waals surface area (Å²) in [6.07, 6.45) is 1.99. The fourth-order valence-electron chi connectivity index (χ4n) is 2.98. The summed E-state index contributed by atoms with van der Waals surface area (Å²) in [7, 11) is 0. The number of benzene rings is 1. The van der Waals surface area contributed by atoms with E-state index >= 15 is 0 Å². The fourth-order valence-corrected chi connectivity index (χ4v) is 5.32. The molecule has 0 bridgehead atoms.